The van der Waals surface area contributed by atoms with Crippen molar-refractivity contribution in [1.29, 1.82) is 0 Å². The summed E-state index contributed by atoms with van der Waals surface area (Å²) in [7, 11) is 0. The summed E-state index contributed by atoms with van der Waals surface area (Å²) in [5.74, 6) is -2.10. The Labute approximate surface area is 157 Å². The maximum Gasteiger partial charge on any atom is 0.167 e. The standard InChI is InChI=1S/C20H15F2N3O3/c1-10-19(11(2)28-24-10)20-13(9-23-27)12-5-3-4-6-16(12)25(20)17-7-15(22)18(26)8-14(17)21/h3-9,26-27H,1-2H3. The highest BCUT2D eigenvalue weighted by molar-refractivity contribution is 6.07. The van der Waals surface area contributed by atoms with E-state index < -0.39 is 17.4 Å². The minimum atomic E-state index is -0.962. The van der Waals surface area contributed by atoms with E-state index in [-0.39, 0.29) is 5.69 Å². The van der Waals surface area contributed by atoms with Crippen LogP contribution in [0.2, 0.25) is 0 Å². The van der Waals surface area contributed by atoms with Crippen molar-refractivity contribution in [2.45, 2.75) is 13.8 Å². The third kappa shape index (κ3) is 2.53. The zero-order valence-corrected chi connectivity index (χ0v) is 14.9. The summed E-state index contributed by atoms with van der Waals surface area (Å²) in [5, 5.41) is 26.5. The van der Waals surface area contributed by atoms with Gasteiger partial charge in [0.2, 0.25) is 0 Å². The van der Waals surface area contributed by atoms with Crippen LogP contribution < -0.4 is 0 Å². The molecule has 0 spiro atoms. The summed E-state index contributed by atoms with van der Waals surface area (Å²) >= 11 is 0. The Morgan fingerprint density at radius 3 is 2.57 bits per heavy atom. The van der Waals surface area contributed by atoms with Gasteiger partial charge in [-0.2, -0.15) is 0 Å². The van der Waals surface area contributed by atoms with Crippen molar-refractivity contribution in [2.75, 3.05) is 0 Å². The molecule has 0 fully saturated rings. The SMILES string of the molecule is Cc1noc(C)c1-c1c(C=NO)c2ccccc2n1-c1cc(F)c(O)cc1F. The van der Waals surface area contributed by atoms with E-state index in [0.29, 0.717) is 39.2 Å². The van der Waals surface area contributed by atoms with Crippen LogP contribution in [0.15, 0.2) is 46.1 Å². The van der Waals surface area contributed by atoms with E-state index in [9.17, 15) is 19.1 Å². The number of benzene rings is 2. The monoisotopic (exact) mass is 383 g/mol. The van der Waals surface area contributed by atoms with Crippen molar-refractivity contribution >= 4 is 17.1 Å². The predicted molar refractivity (Wildman–Crippen MR) is 99.2 cm³/mol. The van der Waals surface area contributed by atoms with Gasteiger partial charge in [0.15, 0.2) is 17.4 Å². The van der Waals surface area contributed by atoms with Gasteiger partial charge in [-0.15, -0.1) is 0 Å². The first kappa shape index (κ1) is 17.7. The quantitative estimate of drug-likeness (QED) is 0.305. The van der Waals surface area contributed by atoms with Crippen LogP contribution in [0.25, 0.3) is 27.8 Å². The highest BCUT2D eigenvalue weighted by Crippen LogP contribution is 2.39. The molecule has 2 N–H and O–H groups in total. The van der Waals surface area contributed by atoms with E-state index >= 15 is 0 Å². The fourth-order valence-electron chi connectivity index (χ4n) is 3.47. The molecule has 0 saturated heterocycles. The lowest BCUT2D eigenvalue weighted by Gasteiger charge is -2.13. The molecule has 0 aliphatic heterocycles. The highest BCUT2D eigenvalue weighted by Gasteiger charge is 2.26. The Morgan fingerprint density at radius 2 is 1.89 bits per heavy atom. The van der Waals surface area contributed by atoms with E-state index in [0.717, 1.165) is 12.1 Å². The molecule has 0 unspecified atom stereocenters. The van der Waals surface area contributed by atoms with Crippen LogP contribution >= 0.6 is 0 Å². The number of hydrogen-bond acceptors (Lipinski definition) is 5. The maximum absolute atomic E-state index is 14.8. The molecule has 0 aliphatic rings. The molecular weight excluding hydrogens is 368 g/mol. The summed E-state index contributed by atoms with van der Waals surface area (Å²) in [6, 6.07) is 8.68. The number of nitrogens with zero attached hydrogens (tertiary/aromatic N) is 3. The summed E-state index contributed by atoms with van der Waals surface area (Å²) in [4.78, 5) is 0. The Kier molecular flexibility index (Phi) is 4.11. The van der Waals surface area contributed by atoms with Crippen molar-refractivity contribution in [1.82, 2.24) is 9.72 Å². The number of rotatable bonds is 3. The smallest absolute Gasteiger partial charge is 0.167 e. The van der Waals surface area contributed by atoms with Crippen LogP contribution in [-0.2, 0) is 0 Å². The Morgan fingerprint density at radius 1 is 1.14 bits per heavy atom. The second-order valence-electron chi connectivity index (χ2n) is 6.31. The molecule has 0 atom stereocenters. The minimum absolute atomic E-state index is 0.112. The van der Waals surface area contributed by atoms with Gasteiger partial charge in [0.05, 0.1) is 34.4 Å². The molecule has 2 aromatic heterocycles. The molecule has 8 heteroatoms. The van der Waals surface area contributed by atoms with E-state index in [1.54, 1.807) is 38.1 Å². The largest absolute Gasteiger partial charge is 0.505 e. The van der Waals surface area contributed by atoms with E-state index in [4.69, 9.17) is 4.52 Å². The van der Waals surface area contributed by atoms with Crippen molar-refractivity contribution in [3.05, 3.63) is 65.1 Å². The van der Waals surface area contributed by atoms with Crippen molar-refractivity contribution in [2.24, 2.45) is 5.16 Å². The van der Waals surface area contributed by atoms with Gasteiger partial charge in [-0.05, 0) is 19.9 Å². The lowest BCUT2D eigenvalue weighted by molar-refractivity contribution is 0.322. The number of fused-ring (bicyclic) bond motifs is 1. The van der Waals surface area contributed by atoms with Gasteiger partial charge in [-0.25, -0.2) is 8.78 Å². The van der Waals surface area contributed by atoms with Gasteiger partial charge in [-0.3, -0.25) is 0 Å². The molecular formula is C20H15F2N3O3. The molecule has 4 rings (SSSR count). The fraction of sp³-hybridized carbons (Fsp3) is 0.100. The van der Waals surface area contributed by atoms with Gasteiger partial charge in [0.1, 0.15) is 5.76 Å². The maximum atomic E-state index is 14.8. The average molecular weight is 383 g/mol. The molecule has 0 radical (unpaired) electrons. The molecule has 28 heavy (non-hydrogen) atoms. The molecule has 0 aliphatic carbocycles. The second-order valence-corrected chi connectivity index (χ2v) is 6.31. The van der Waals surface area contributed by atoms with Crippen LogP contribution in [0.4, 0.5) is 8.78 Å². The van der Waals surface area contributed by atoms with Crippen molar-refractivity contribution < 1.29 is 23.6 Å². The fourth-order valence-corrected chi connectivity index (χ4v) is 3.47. The van der Waals surface area contributed by atoms with Gasteiger partial charge in [0, 0.05) is 23.1 Å². The number of phenols is 1. The number of halogens is 2. The van der Waals surface area contributed by atoms with Crippen molar-refractivity contribution in [3.63, 3.8) is 0 Å². The predicted octanol–water partition coefficient (Wildman–Crippen LogP) is 4.69. The summed E-state index contributed by atoms with van der Waals surface area (Å²) in [6.45, 7) is 3.42. The molecule has 0 saturated carbocycles. The van der Waals surface area contributed by atoms with Crippen LogP contribution in [0, 0.1) is 25.5 Å². The average Bonchev–Trinajstić information content (AvgIpc) is 3.16. The Hall–Kier alpha value is -3.68. The third-order valence-electron chi connectivity index (χ3n) is 4.63. The lowest BCUT2D eigenvalue weighted by Crippen LogP contribution is -2.03. The van der Waals surface area contributed by atoms with Crippen LogP contribution in [0.1, 0.15) is 17.0 Å². The van der Waals surface area contributed by atoms with E-state index in [1.165, 1.54) is 10.8 Å². The number of aromatic hydroxyl groups is 1. The number of aromatic nitrogens is 2. The van der Waals surface area contributed by atoms with Crippen LogP contribution in [-0.4, -0.2) is 26.3 Å². The lowest BCUT2D eigenvalue weighted by atomic mass is 10.0. The highest BCUT2D eigenvalue weighted by atomic mass is 19.1. The van der Waals surface area contributed by atoms with Gasteiger partial charge < -0.3 is 19.4 Å². The molecule has 6 nitrogen and oxygen atoms in total. The molecule has 2 heterocycles. The van der Waals surface area contributed by atoms with Crippen LogP contribution in [0.3, 0.4) is 0 Å². The van der Waals surface area contributed by atoms with Gasteiger partial charge in [0.25, 0.3) is 0 Å². The summed E-state index contributed by atoms with van der Waals surface area (Å²) in [5.41, 5.74) is 2.46. The third-order valence-corrected chi connectivity index (χ3v) is 4.63. The van der Waals surface area contributed by atoms with Gasteiger partial charge >= 0.3 is 0 Å². The molecule has 2 aromatic carbocycles. The first-order valence-corrected chi connectivity index (χ1v) is 8.36. The molecule has 0 bridgehead atoms. The van der Waals surface area contributed by atoms with Crippen LogP contribution in [0.5, 0.6) is 5.75 Å². The number of hydrogen-bond donors (Lipinski definition) is 2. The van der Waals surface area contributed by atoms with Crippen molar-refractivity contribution in [3.8, 4) is 22.7 Å². The number of para-hydroxylation sites is 1. The first-order valence-electron chi connectivity index (χ1n) is 8.36. The number of aryl methyl sites for hydroxylation is 2. The van der Waals surface area contributed by atoms with E-state index in [2.05, 4.69) is 10.3 Å². The molecule has 4 aromatic rings. The number of oxime groups is 1. The molecule has 0 amide bonds. The minimum Gasteiger partial charge on any atom is -0.505 e. The Bertz CT molecular complexity index is 1220. The Balaban J connectivity index is 2.23. The zero-order valence-electron chi connectivity index (χ0n) is 14.9. The normalized spacial score (nSPS) is 11.7. The first-order chi connectivity index (χ1) is 13.4. The number of phenolic OH excluding ortho intramolecular Hbond substituents is 1. The zero-order chi connectivity index (χ0) is 20.0. The summed E-state index contributed by atoms with van der Waals surface area (Å²) in [6.07, 6.45) is 1.23. The summed E-state index contributed by atoms with van der Waals surface area (Å²) < 4.78 is 35.7. The molecule has 142 valence electrons. The second kappa shape index (κ2) is 6.49. The topological polar surface area (TPSA) is 83.8 Å². The van der Waals surface area contributed by atoms with E-state index in [1.807, 2.05) is 0 Å². The van der Waals surface area contributed by atoms with Gasteiger partial charge in [-0.1, -0.05) is 28.5 Å².